The van der Waals surface area contributed by atoms with E-state index in [0.717, 1.165) is 36.9 Å². The van der Waals surface area contributed by atoms with Crippen LogP contribution in [0.2, 0.25) is 0 Å². The van der Waals surface area contributed by atoms with Crippen molar-refractivity contribution >= 4 is 17.5 Å². The first-order chi connectivity index (χ1) is 11.3. The third kappa shape index (κ3) is 3.97. The van der Waals surface area contributed by atoms with Gasteiger partial charge in [-0.1, -0.05) is 52.2 Å². The molecular formula is C20H30N2O2. The normalized spacial score (nSPS) is 17.2. The SMILES string of the molecule is CCNC(=O)C1(c2ccc(NC(=O)C(C)(C)C)cc2)CCCCC1. The molecule has 4 nitrogen and oxygen atoms in total. The summed E-state index contributed by atoms with van der Waals surface area (Å²) >= 11 is 0. The molecule has 2 amide bonds. The molecule has 0 radical (unpaired) electrons. The minimum Gasteiger partial charge on any atom is -0.356 e. The number of likely N-dealkylation sites (N-methyl/N-ethyl adjacent to an activating group) is 1. The lowest BCUT2D eigenvalue weighted by Crippen LogP contribution is -2.45. The summed E-state index contributed by atoms with van der Waals surface area (Å²) in [5, 5.41) is 5.95. The molecule has 1 aliphatic carbocycles. The Morgan fingerprint density at radius 3 is 2.12 bits per heavy atom. The topological polar surface area (TPSA) is 58.2 Å². The van der Waals surface area contributed by atoms with E-state index in [1.165, 1.54) is 6.42 Å². The number of hydrogen-bond donors (Lipinski definition) is 2. The van der Waals surface area contributed by atoms with Crippen LogP contribution in [0.25, 0.3) is 0 Å². The highest BCUT2D eigenvalue weighted by molar-refractivity contribution is 5.94. The number of carbonyl (C=O) groups is 2. The van der Waals surface area contributed by atoms with Crippen molar-refractivity contribution in [3.63, 3.8) is 0 Å². The smallest absolute Gasteiger partial charge is 0.230 e. The molecule has 1 saturated carbocycles. The standard InChI is InChI=1S/C20H30N2O2/c1-5-21-18(24)20(13-7-6-8-14-20)15-9-11-16(12-10-15)22-17(23)19(2,3)4/h9-12H,5-8,13-14H2,1-4H3,(H,21,24)(H,22,23). The van der Waals surface area contributed by atoms with Crippen molar-refractivity contribution < 1.29 is 9.59 Å². The maximum absolute atomic E-state index is 12.7. The summed E-state index contributed by atoms with van der Waals surface area (Å²) < 4.78 is 0. The number of amides is 2. The zero-order valence-corrected chi connectivity index (χ0v) is 15.4. The van der Waals surface area contributed by atoms with Crippen LogP contribution in [0.3, 0.4) is 0 Å². The third-order valence-electron chi connectivity index (χ3n) is 4.86. The van der Waals surface area contributed by atoms with Gasteiger partial charge >= 0.3 is 0 Å². The quantitative estimate of drug-likeness (QED) is 0.876. The molecule has 0 heterocycles. The van der Waals surface area contributed by atoms with Crippen LogP contribution < -0.4 is 10.6 Å². The molecule has 1 aliphatic rings. The second kappa shape index (κ2) is 7.37. The second-order valence-electron chi connectivity index (χ2n) is 7.78. The average molecular weight is 330 g/mol. The van der Waals surface area contributed by atoms with Gasteiger partial charge in [0.1, 0.15) is 0 Å². The molecule has 1 aromatic rings. The Labute approximate surface area is 145 Å². The van der Waals surface area contributed by atoms with E-state index in [1.807, 2.05) is 52.0 Å². The lowest BCUT2D eigenvalue weighted by molar-refractivity contribution is -0.128. The van der Waals surface area contributed by atoms with Crippen LogP contribution in [0.15, 0.2) is 24.3 Å². The van der Waals surface area contributed by atoms with Crippen LogP contribution in [0.1, 0.15) is 65.4 Å². The molecule has 1 aromatic carbocycles. The summed E-state index contributed by atoms with van der Waals surface area (Å²) in [5.41, 5.74) is 0.993. The Balaban J connectivity index is 2.23. The van der Waals surface area contributed by atoms with Crippen molar-refractivity contribution in [2.75, 3.05) is 11.9 Å². The van der Waals surface area contributed by atoms with Crippen LogP contribution >= 0.6 is 0 Å². The molecule has 0 aromatic heterocycles. The maximum Gasteiger partial charge on any atom is 0.230 e. The Morgan fingerprint density at radius 2 is 1.62 bits per heavy atom. The fourth-order valence-electron chi connectivity index (χ4n) is 3.32. The van der Waals surface area contributed by atoms with Crippen LogP contribution in [-0.2, 0) is 15.0 Å². The predicted molar refractivity (Wildman–Crippen MR) is 98.0 cm³/mol. The predicted octanol–water partition coefficient (Wildman–Crippen LogP) is 4.01. The number of nitrogens with one attached hydrogen (secondary N) is 2. The van der Waals surface area contributed by atoms with Gasteiger partial charge in [0, 0.05) is 17.6 Å². The fraction of sp³-hybridized carbons (Fsp3) is 0.600. The van der Waals surface area contributed by atoms with Crippen molar-refractivity contribution in [2.24, 2.45) is 5.41 Å². The number of carbonyl (C=O) groups excluding carboxylic acids is 2. The lowest BCUT2D eigenvalue weighted by atomic mass is 9.68. The lowest BCUT2D eigenvalue weighted by Gasteiger charge is -2.36. The van der Waals surface area contributed by atoms with Crippen LogP contribution in [0.4, 0.5) is 5.69 Å². The highest BCUT2D eigenvalue weighted by Crippen LogP contribution is 2.40. The molecule has 0 spiro atoms. The van der Waals surface area contributed by atoms with E-state index < -0.39 is 10.8 Å². The molecule has 132 valence electrons. The van der Waals surface area contributed by atoms with Gasteiger partial charge in [0.25, 0.3) is 0 Å². The summed E-state index contributed by atoms with van der Waals surface area (Å²) in [6.45, 7) is 8.29. The van der Waals surface area contributed by atoms with E-state index in [9.17, 15) is 9.59 Å². The first-order valence-electron chi connectivity index (χ1n) is 9.00. The summed E-state index contributed by atoms with van der Waals surface area (Å²) in [7, 11) is 0. The largest absolute Gasteiger partial charge is 0.356 e. The molecule has 4 heteroatoms. The average Bonchev–Trinajstić information content (AvgIpc) is 2.55. The van der Waals surface area contributed by atoms with Crippen LogP contribution in [-0.4, -0.2) is 18.4 Å². The number of rotatable bonds is 4. The van der Waals surface area contributed by atoms with Gasteiger partial charge in [-0.3, -0.25) is 9.59 Å². The Kier molecular flexibility index (Phi) is 5.68. The molecule has 24 heavy (non-hydrogen) atoms. The molecule has 0 saturated heterocycles. The summed E-state index contributed by atoms with van der Waals surface area (Å²) in [6, 6.07) is 7.82. The Hall–Kier alpha value is -1.84. The Morgan fingerprint density at radius 1 is 1.04 bits per heavy atom. The molecule has 0 atom stereocenters. The van der Waals surface area contributed by atoms with Crippen molar-refractivity contribution in [3.8, 4) is 0 Å². The van der Waals surface area contributed by atoms with Crippen molar-refractivity contribution in [2.45, 2.75) is 65.2 Å². The maximum atomic E-state index is 12.7. The first kappa shape index (κ1) is 18.5. The number of anilines is 1. The van der Waals surface area contributed by atoms with Gasteiger partial charge in [-0.2, -0.15) is 0 Å². The van der Waals surface area contributed by atoms with Crippen LogP contribution in [0, 0.1) is 5.41 Å². The Bertz CT molecular complexity index is 579. The molecule has 1 fully saturated rings. The van der Waals surface area contributed by atoms with E-state index in [0.29, 0.717) is 6.54 Å². The molecule has 0 aliphatic heterocycles. The van der Waals surface area contributed by atoms with E-state index in [2.05, 4.69) is 10.6 Å². The summed E-state index contributed by atoms with van der Waals surface area (Å²) in [6.07, 6.45) is 5.15. The van der Waals surface area contributed by atoms with Gasteiger partial charge in [-0.25, -0.2) is 0 Å². The third-order valence-corrected chi connectivity index (χ3v) is 4.86. The molecule has 0 bridgehead atoms. The van der Waals surface area contributed by atoms with Gasteiger partial charge in [0.15, 0.2) is 0 Å². The van der Waals surface area contributed by atoms with Gasteiger partial charge in [0.05, 0.1) is 5.41 Å². The molecule has 0 unspecified atom stereocenters. The van der Waals surface area contributed by atoms with E-state index >= 15 is 0 Å². The molecular weight excluding hydrogens is 300 g/mol. The van der Waals surface area contributed by atoms with Gasteiger partial charge in [0.2, 0.25) is 11.8 Å². The number of hydrogen-bond acceptors (Lipinski definition) is 2. The van der Waals surface area contributed by atoms with Gasteiger partial charge in [-0.15, -0.1) is 0 Å². The zero-order valence-electron chi connectivity index (χ0n) is 15.4. The zero-order chi connectivity index (χ0) is 17.8. The molecule has 2 N–H and O–H groups in total. The highest BCUT2D eigenvalue weighted by Gasteiger charge is 2.40. The summed E-state index contributed by atoms with van der Waals surface area (Å²) in [5.74, 6) is 0.127. The van der Waals surface area contributed by atoms with E-state index in [-0.39, 0.29) is 11.8 Å². The van der Waals surface area contributed by atoms with Gasteiger partial charge < -0.3 is 10.6 Å². The molecule has 2 rings (SSSR count). The monoisotopic (exact) mass is 330 g/mol. The second-order valence-corrected chi connectivity index (χ2v) is 7.78. The van der Waals surface area contributed by atoms with E-state index in [4.69, 9.17) is 0 Å². The fourth-order valence-corrected chi connectivity index (χ4v) is 3.32. The minimum atomic E-state index is -0.426. The van der Waals surface area contributed by atoms with Crippen LogP contribution in [0.5, 0.6) is 0 Å². The van der Waals surface area contributed by atoms with Crippen molar-refractivity contribution in [1.82, 2.24) is 5.32 Å². The van der Waals surface area contributed by atoms with Gasteiger partial charge in [-0.05, 0) is 37.5 Å². The summed E-state index contributed by atoms with van der Waals surface area (Å²) in [4.78, 5) is 24.8. The van der Waals surface area contributed by atoms with E-state index in [1.54, 1.807) is 0 Å². The highest BCUT2D eigenvalue weighted by atomic mass is 16.2. The minimum absolute atomic E-state index is 0.00800. The van der Waals surface area contributed by atoms with Crippen molar-refractivity contribution in [3.05, 3.63) is 29.8 Å². The number of benzene rings is 1. The first-order valence-corrected chi connectivity index (χ1v) is 9.00. The van der Waals surface area contributed by atoms with Crippen molar-refractivity contribution in [1.29, 1.82) is 0 Å².